The van der Waals surface area contributed by atoms with Crippen molar-refractivity contribution in [1.29, 1.82) is 0 Å². The van der Waals surface area contributed by atoms with Gasteiger partial charge in [-0.25, -0.2) is 0 Å². The fourth-order valence-corrected chi connectivity index (χ4v) is 2.89. The monoisotopic (exact) mass is 168 g/mol. The van der Waals surface area contributed by atoms with E-state index in [1.807, 2.05) is 0 Å². The minimum Gasteiger partial charge on any atom is -0.105 e. The van der Waals surface area contributed by atoms with Crippen molar-refractivity contribution in [2.24, 2.45) is 11.8 Å². The Morgan fingerprint density at radius 1 is 1.55 bits per heavy atom. The Bertz CT molecular complexity index is 134. The molecule has 1 heteroatoms. The highest BCUT2D eigenvalue weighted by molar-refractivity contribution is 6.21. The molecule has 0 amide bonds. The topological polar surface area (TPSA) is 0 Å². The van der Waals surface area contributed by atoms with E-state index < -0.39 is 0 Å². The maximum Gasteiger partial charge on any atom is 0.0325 e. The van der Waals surface area contributed by atoms with Crippen LogP contribution in [0.4, 0.5) is 0 Å². The van der Waals surface area contributed by atoms with Gasteiger partial charge in [-0.3, -0.25) is 0 Å². The van der Waals surface area contributed by atoms with Crippen LogP contribution in [0.3, 0.4) is 0 Å². The van der Waals surface area contributed by atoms with Crippen LogP contribution in [0.2, 0.25) is 0 Å². The van der Waals surface area contributed by atoms with Gasteiger partial charge in [0.15, 0.2) is 0 Å². The SMILES string of the molecule is C=C([SiH3])CC(C)C1CCCC1. The van der Waals surface area contributed by atoms with E-state index in [0.717, 1.165) is 11.8 Å². The molecule has 1 rings (SSSR count). The Morgan fingerprint density at radius 3 is 2.55 bits per heavy atom. The molecule has 1 atom stereocenters. The largest absolute Gasteiger partial charge is 0.105 e. The molecule has 1 fully saturated rings. The van der Waals surface area contributed by atoms with E-state index in [1.54, 1.807) is 0 Å². The van der Waals surface area contributed by atoms with Crippen molar-refractivity contribution in [1.82, 2.24) is 0 Å². The predicted molar refractivity (Wildman–Crippen MR) is 54.8 cm³/mol. The molecule has 1 aliphatic rings. The summed E-state index contributed by atoms with van der Waals surface area (Å²) >= 11 is 0. The Kier molecular flexibility index (Phi) is 3.37. The summed E-state index contributed by atoms with van der Waals surface area (Å²) < 4.78 is 0. The summed E-state index contributed by atoms with van der Waals surface area (Å²) in [7, 11) is 1.19. The Labute approximate surface area is 73.5 Å². The molecule has 0 spiro atoms. The Balaban J connectivity index is 2.28. The molecule has 1 aliphatic carbocycles. The standard InChI is InChI=1S/C10H20Si/c1-8(7-9(2)11)10-5-3-4-6-10/h8,10H,2-7H2,1,11H3. The van der Waals surface area contributed by atoms with E-state index in [-0.39, 0.29) is 0 Å². The van der Waals surface area contributed by atoms with E-state index in [9.17, 15) is 0 Å². The summed E-state index contributed by atoms with van der Waals surface area (Å²) in [5.74, 6) is 1.95. The molecule has 0 heterocycles. The molecule has 0 aromatic rings. The van der Waals surface area contributed by atoms with Gasteiger partial charge >= 0.3 is 0 Å². The molecule has 0 bridgehead atoms. The zero-order chi connectivity index (χ0) is 8.27. The molecule has 1 unspecified atom stereocenters. The first-order chi connectivity index (χ1) is 5.20. The lowest BCUT2D eigenvalue weighted by Gasteiger charge is -2.18. The first kappa shape index (κ1) is 9.05. The highest BCUT2D eigenvalue weighted by Crippen LogP contribution is 2.33. The minimum absolute atomic E-state index is 0.919. The number of rotatable bonds is 3. The molecule has 1 saturated carbocycles. The molecule has 0 aromatic heterocycles. The minimum atomic E-state index is 0.919. The highest BCUT2D eigenvalue weighted by atomic mass is 28.1. The molecule has 0 aliphatic heterocycles. The van der Waals surface area contributed by atoms with Crippen LogP contribution >= 0.6 is 0 Å². The Morgan fingerprint density at radius 2 is 2.09 bits per heavy atom. The van der Waals surface area contributed by atoms with Gasteiger partial charge in [-0.2, -0.15) is 0 Å². The van der Waals surface area contributed by atoms with Crippen molar-refractivity contribution in [3.05, 3.63) is 11.8 Å². The molecule has 64 valence electrons. The maximum atomic E-state index is 4.03. The molecule has 0 N–H and O–H groups in total. The summed E-state index contributed by atoms with van der Waals surface area (Å²) in [6.07, 6.45) is 7.22. The van der Waals surface area contributed by atoms with Crippen molar-refractivity contribution < 1.29 is 0 Å². The third kappa shape index (κ3) is 2.82. The molecule has 0 saturated heterocycles. The summed E-state index contributed by atoms with van der Waals surface area (Å²) in [4.78, 5) is 0. The molecular formula is C10H20Si. The number of hydrogen-bond donors (Lipinski definition) is 0. The smallest absolute Gasteiger partial charge is 0.0325 e. The number of hydrogen-bond acceptors (Lipinski definition) is 0. The molecular weight excluding hydrogens is 148 g/mol. The summed E-state index contributed by atoms with van der Waals surface area (Å²) in [5.41, 5.74) is 0. The Hall–Kier alpha value is -0.0431. The van der Waals surface area contributed by atoms with Crippen molar-refractivity contribution in [3.8, 4) is 0 Å². The van der Waals surface area contributed by atoms with Gasteiger partial charge in [0.05, 0.1) is 0 Å². The number of allylic oxidation sites excluding steroid dienone is 1. The van der Waals surface area contributed by atoms with Gasteiger partial charge in [-0.05, 0) is 18.3 Å². The molecule has 11 heavy (non-hydrogen) atoms. The van der Waals surface area contributed by atoms with Gasteiger partial charge in [0, 0.05) is 10.2 Å². The van der Waals surface area contributed by atoms with Gasteiger partial charge in [-0.1, -0.05) is 37.8 Å². The average Bonchev–Trinajstić information content (AvgIpc) is 2.35. The van der Waals surface area contributed by atoms with Crippen LogP contribution in [0.5, 0.6) is 0 Å². The maximum absolute atomic E-state index is 4.03. The van der Waals surface area contributed by atoms with Crippen LogP contribution in [0.25, 0.3) is 0 Å². The zero-order valence-corrected chi connectivity index (χ0v) is 9.90. The second-order valence-electron chi connectivity index (χ2n) is 4.18. The van der Waals surface area contributed by atoms with Crippen LogP contribution in [0.1, 0.15) is 39.0 Å². The summed E-state index contributed by atoms with van der Waals surface area (Å²) in [5, 5.41) is 1.49. The average molecular weight is 168 g/mol. The van der Waals surface area contributed by atoms with E-state index in [1.165, 1.54) is 47.5 Å². The third-order valence-electron chi connectivity index (χ3n) is 2.88. The van der Waals surface area contributed by atoms with Crippen LogP contribution in [0, 0.1) is 11.8 Å². The normalized spacial score (nSPS) is 22.3. The van der Waals surface area contributed by atoms with Crippen LogP contribution < -0.4 is 0 Å². The quantitative estimate of drug-likeness (QED) is 0.566. The van der Waals surface area contributed by atoms with Crippen LogP contribution in [-0.4, -0.2) is 10.2 Å². The van der Waals surface area contributed by atoms with Gasteiger partial charge in [-0.15, -0.1) is 6.58 Å². The fraction of sp³-hybridized carbons (Fsp3) is 0.800. The lowest BCUT2D eigenvalue weighted by Crippen LogP contribution is -2.08. The van der Waals surface area contributed by atoms with Crippen molar-refractivity contribution in [2.45, 2.75) is 39.0 Å². The van der Waals surface area contributed by atoms with Crippen molar-refractivity contribution in [3.63, 3.8) is 0 Å². The van der Waals surface area contributed by atoms with Gasteiger partial charge in [0.25, 0.3) is 0 Å². The molecule has 0 nitrogen and oxygen atoms in total. The van der Waals surface area contributed by atoms with E-state index in [0.29, 0.717) is 0 Å². The van der Waals surface area contributed by atoms with Crippen molar-refractivity contribution in [2.75, 3.05) is 0 Å². The highest BCUT2D eigenvalue weighted by Gasteiger charge is 2.20. The van der Waals surface area contributed by atoms with Crippen molar-refractivity contribution >= 4 is 10.2 Å². The zero-order valence-electron chi connectivity index (χ0n) is 7.90. The second-order valence-corrected chi connectivity index (χ2v) is 5.60. The van der Waals surface area contributed by atoms with Crippen LogP contribution in [-0.2, 0) is 0 Å². The third-order valence-corrected chi connectivity index (χ3v) is 3.28. The van der Waals surface area contributed by atoms with Gasteiger partial charge in [0.1, 0.15) is 0 Å². The van der Waals surface area contributed by atoms with Gasteiger partial charge < -0.3 is 0 Å². The van der Waals surface area contributed by atoms with Crippen LogP contribution in [0.15, 0.2) is 11.8 Å². The fourth-order valence-electron chi connectivity index (χ4n) is 2.24. The predicted octanol–water partition coefficient (Wildman–Crippen LogP) is 2.08. The first-order valence-corrected chi connectivity index (χ1v) is 5.84. The van der Waals surface area contributed by atoms with E-state index in [2.05, 4.69) is 13.5 Å². The van der Waals surface area contributed by atoms with E-state index in [4.69, 9.17) is 0 Å². The lowest BCUT2D eigenvalue weighted by molar-refractivity contribution is 0.368. The lowest BCUT2D eigenvalue weighted by atomic mass is 9.90. The summed E-state index contributed by atoms with van der Waals surface area (Å²) in [6, 6.07) is 0. The molecule has 0 radical (unpaired) electrons. The summed E-state index contributed by atoms with van der Waals surface area (Å²) in [6.45, 7) is 6.43. The molecule has 0 aromatic carbocycles. The van der Waals surface area contributed by atoms with Gasteiger partial charge in [0.2, 0.25) is 0 Å². The second kappa shape index (κ2) is 4.10. The first-order valence-electron chi connectivity index (χ1n) is 4.84. The van der Waals surface area contributed by atoms with E-state index >= 15 is 0 Å².